The van der Waals surface area contributed by atoms with Crippen LogP contribution in [0.4, 0.5) is 5.82 Å². The number of imidazole rings is 1. The van der Waals surface area contributed by atoms with Gasteiger partial charge in [-0.1, -0.05) is 19.3 Å². The van der Waals surface area contributed by atoms with Crippen LogP contribution >= 0.6 is 0 Å². The monoisotopic (exact) mass is 367 g/mol. The first-order valence-electron chi connectivity index (χ1n) is 10.3. The van der Waals surface area contributed by atoms with Crippen LogP contribution in [-0.4, -0.2) is 39.6 Å². The largest absolute Gasteiger partial charge is 0.357 e. The number of piperidine rings is 1. The van der Waals surface area contributed by atoms with Crippen molar-refractivity contribution in [3.63, 3.8) is 0 Å². The average molecular weight is 367 g/mol. The number of rotatable bonds is 5. The molecule has 2 aromatic rings. The summed E-state index contributed by atoms with van der Waals surface area (Å²) in [5, 5.41) is 3.19. The van der Waals surface area contributed by atoms with E-state index in [2.05, 4.69) is 26.3 Å². The first-order valence-corrected chi connectivity index (χ1v) is 10.3. The van der Waals surface area contributed by atoms with Crippen molar-refractivity contribution in [1.82, 2.24) is 19.9 Å². The number of nitrogens with zero attached hydrogens (tertiary/aromatic N) is 4. The zero-order valence-corrected chi connectivity index (χ0v) is 15.9. The molecule has 1 aliphatic carbocycles. The third kappa shape index (κ3) is 4.49. The van der Waals surface area contributed by atoms with Crippen LogP contribution in [0, 0.1) is 0 Å². The maximum Gasteiger partial charge on any atom is 0.240 e. The Labute approximate surface area is 161 Å². The van der Waals surface area contributed by atoms with E-state index in [1.807, 2.05) is 23.0 Å². The molecule has 4 rings (SSSR count). The zero-order chi connectivity index (χ0) is 18.5. The number of nitrogens with one attached hydrogen (secondary N) is 1. The van der Waals surface area contributed by atoms with Gasteiger partial charge in [0.15, 0.2) is 0 Å². The van der Waals surface area contributed by atoms with Crippen LogP contribution in [0.5, 0.6) is 0 Å². The summed E-state index contributed by atoms with van der Waals surface area (Å²) in [6, 6.07) is 4.42. The molecule has 1 saturated carbocycles. The molecule has 0 atom stereocenters. The van der Waals surface area contributed by atoms with Crippen molar-refractivity contribution in [1.29, 1.82) is 0 Å². The Morgan fingerprint density at radius 2 is 1.81 bits per heavy atom. The Kier molecular flexibility index (Phi) is 5.70. The van der Waals surface area contributed by atoms with E-state index in [4.69, 9.17) is 0 Å². The van der Waals surface area contributed by atoms with Gasteiger partial charge >= 0.3 is 0 Å². The van der Waals surface area contributed by atoms with E-state index in [-0.39, 0.29) is 5.91 Å². The summed E-state index contributed by atoms with van der Waals surface area (Å²) in [5.74, 6) is 1.91. The van der Waals surface area contributed by atoms with E-state index in [0.29, 0.717) is 12.6 Å². The highest BCUT2D eigenvalue weighted by Gasteiger charge is 2.18. The molecule has 0 radical (unpaired) electrons. The van der Waals surface area contributed by atoms with E-state index in [1.165, 1.54) is 38.5 Å². The first kappa shape index (κ1) is 18.0. The van der Waals surface area contributed by atoms with Crippen LogP contribution in [0.3, 0.4) is 0 Å². The Hall–Kier alpha value is -2.37. The predicted molar refractivity (Wildman–Crippen MR) is 107 cm³/mol. The number of pyridine rings is 1. The minimum absolute atomic E-state index is 0.0754. The molecule has 2 aromatic heterocycles. The number of hydrogen-bond donors (Lipinski definition) is 1. The van der Waals surface area contributed by atoms with Crippen molar-refractivity contribution in [3.8, 4) is 11.4 Å². The molecule has 1 amide bonds. The van der Waals surface area contributed by atoms with Crippen molar-refractivity contribution in [2.75, 3.05) is 18.0 Å². The lowest BCUT2D eigenvalue weighted by Crippen LogP contribution is -2.38. The standard InChI is InChI=1S/C21H29N5O/c27-20(24-18-7-3-1-4-8-18)16-26-14-11-23-21(26)17-9-10-22-19(15-17)25-12-5-2-6-13-25/h9-11,14-15,18H,1-8,12-13,16H2,(H,24,27). The van der Waals surface area contributed by atoms with Crippen LogP contribution in [-0.2, 0) is 11.3 Å². The second-order valence-electron chi connectivity index (χ2n) is 7.73. The molecule has 1 aliphatic heterocycles. The van der Waals surface area contributed by atoms with Gasteiger partial charge in [0, 0.05) is 43.3 Å². The van der Waals surface area contributed by atoms with E-state index < -0.39 is 0 Å². The van der Waals surface area contributed by atoms with E-state index in [0.717, 1.165) is 43.1 Å². The Balaban J connectivity index is 1.45. The van der Waals surface area contributed by atoms with Gasteiger partial charge in [-0.15, -0.1) is 0 Å². The smallest absolute Gasteiger partial charge is 0.240 e. The second-order valence-corrected chi connectivity index (χ2v) is 7.73. The third-order valence-corrected chi connectivity index (χ3v) is 5.68. The lowest BCUT2D eigenvalue weighted by molar-refractivity contribution is -0.122. The van der Waals surface area contributed by atoms with Crippen LogP contribution in [0.15, 0.2) is 30.7 Å². The Morgan fingerprint density at radius 3 is 2.63 bits per heavy atom. The van der Waals surface area contributed by atoms with Crippen LogP contribution in [0.1, 0.15) is 51.4 Å². The number of anilines is 1. The molecule has 0 aromatic carbocycles. The lowest BCUT2D eigenvalue weighted by atomic mass is 9.95. The van der Waals surface area contributed by atoms with Gasteiger partial charge < -0.3 is 14.8 Å². The summed E-state index contributed by atoms with van der Waals surface area (Å²) in [4.78, 5) is 23.9. The lowest BCUT2D eigenvalue weighted by Gasteiger charge is -2.27. The molecule has 2 fully saturated rings. The van der Waals surface area contributed by atoms with Crippen molar-refractivity contribution in [2.24, 2.45) is 0 Å². The summed E-state index contributed by atoms with van der Waals surface area (Å²) in [6.45, 7) is 2.44. The number of aromatic nitrogens is 3. The van der Waals surface area contributed by atoms with Gasteiger partial charge in [-0.05, 0) is 44.2 Å². The normalized spacial score (nSPS) is 18.4. The Morgan fingerprint density at radius 1 is 1.04 bits per heavy atom. The molecule has 0 bridgehead atoms. The van der Waals surface area contributed by atoms with Gasteiger partial charge in [0.2, 0.25) is 5.91 Å². The first-order chi connectivity index (χ1) is 13.3. The van der Waals surface area contributed by atoms with Gasteiger partial charge in [-0.25, -0.2) is 9.97 Å². The molecule has 6 heteroatoms. The topological polar surface area (TPSA) is 63.1 Å². The molecular formula is C21H29N5O. The third-order valence-electron chi connectivity index (χ3n) is 5.68. The molecule has 2 aliphatic rings. The molecule has 3 heterocycles. The average Bonchev–Trinajstić information content (AvgIpc) is 3.17. The fraction of sp³-hybridized carbons (Fsp3) is 0.571. The molecular weight excluding hydrogens is 338 g/mol. The highest BCUT2D eigenvalue weighted by molar-refractivity contribution is 5.77. The molecule has 144 valence electrons. The van der Waals surface area contributed by atoms with Crippen molar-refractivity contribution >= 4 is 11.7 Å². The molecule has 6 nitrogen and oxygen atoms in total. The van der Waals surface area contributed by atoms with Gasteiger partial charge in [-0.2, -0.15) is 0 Å². The minimum Gasteiger partial charge on any atom is -0.357 e. The number of carbonyl (C=O) groups excluding carboxylic acids is 1. The van der Waals surface area contributed by atoms with E-state index >= 15 is 0 Å². The van der Waals surface area contributed by atoms with Gasteiger partial charge in [-0.3, -0.25) is 4.79 Å². The maximum absolute atomic E-state index is 12.5. The van der Waals surface area contributed by atoms with Crippen molar-refractivity contribution in [2.45, 2.75) is 64.0 Å². The van der Waals surface area contributed by atoms with Gasteiger partial charge in [0.1, 0.15) is 18.2 Å². The van der Waals surface area contributed by atoms with E-state index in [9.17, 15) is 4.79 Å². The molecule has 0 spiro atoms. The fourth-order valence-electron chi connectivity index (χ4n) is 4.23. The summed E-state index contributed by atoms with van der Waals surface area (Å²) < 4.78 is 1.94. The molecule has 1 saturated heterocycles. The predicted octanol–water partition coefficient (Wildman–Crippen LogP) is 3.38. The van der Waals surface area contributed by atoms with Gasteiger partial charge in [0.05, 0.1) is 0 Å². The second kappa shape index (κ2) is 8.55. The SMILES string of the molecule is O=C(Cn1ccnc1-c1ccnc(N2CCCCC2)c1)NC1CCCCC1. The summed E-state index contributed by atoms with van der Waals surface area (Å²) in [6.07, 6.45) is 15.2. The minimum atomic E-state index is 0.0754. The number of hydrogen-bond acceptors (Lipinski definition) is 4. The van der Waals surface area contributed by atoms with Crippen LogP contribution in [0.2, 0.25) is 0 Å². The van der Waals surface area contributed by atoms with Crippen LogP contribution in [0.25, 0.3) is 11.4 Å². The quantitative estimate of drug-likeness (QED) is 0.880. The Bertz CT molecular complexity index is 759. The summed E-state index contributed by atoms with van der Waals surface area (Å²) >= 11 is 0. The van der Waals surface area contributed by atoms with Gasteiger partial charge in [0.25, 0.3) is 0 Å². The van der Waals surface area contributed by atoms with Crippen molar-refractivity contribution < 1.29 is 4.79 Å². The number of amides is 1. The highest BCUT2D eigenvalue weighted by atomic mass is 16.2. The molecule has 0 unspecified atom stereocenters. The molecule has 27 heavy (non-hydrogen) atoms. The molecule has 1 N–H and O–H groups in total. The fourth-order valence-corrected chi connectivity index (χ4v) is 4.23. The van der Waals surface area contributed by atoms with E-state index in [1.54, 1.807) is 6.20 Å². The maximum atomic E-state index is 12.5. The van der Waals surface area contributed by atoms with Crippen LogP contribution < -0.4 is 10.2 Å². The summed E-state index contributed by atoms with van der Waals surface area (Å²) in [5.41, 5.74) is 1.01. The number of carbonyl (C=O) groups is 1. The summed E-state index contributed by atoms with van der Waals surface area (Å²) in [7, 11) is 0. The highest BCUT2D eigenvalue weighted by Crippen LogP contribution is 2.24. The van der Waals surface area contributed by atoms with Crippen molar-refractivity contribution in [3.05, 3.63) is 30.7 Å². The zero-order valence-electron chi connectivity index (χ0n) is 15.9.